The summed E-state index contributed by atoms with van der Waals surface area (Å²) in [4.78, 5) is 34.6. The van der Waals surface area contributed by atoms with Crippen LogP contribution in [0.4, 0.5) is 0 Å². The molecule has 2 aromatic carbocycles. The molecule has 0 spiro atoms. The van der Waals surface area contributed by atoms with E-state index in [2.05, 4.69) is 16.0 Å². The van der Waals surface area contributed by atoms with E-state index in [1.54, 1.807) is 18.0 Å². The minimum absolute atomic E-state index is 0.0927. The Hall–Kier alpha value is -2.95. The summed E-state index contributed by atoms with van der Waals surface area (Å²) in [5.74, 6) is 0.600. The number of carbonyl (C=O) groups is 1. The Bertz CT molecular complexity index is 1070. The molecule has 1 aromatic heterocycles. The minimum atomic E-state index is -0.447. The standard InChI is InChI=1S/C22H23N3O2/c1-15-7-5-8-16(13-15)22(11-6-12-22)21(27)25(2)14-19-23-18-10-4-3-9-17(18)20(26)24-19/h3-5,7-10,13H,6,11-12,14H2,1-2H3,(H,23,24,26). The summed E-state index contributed by atoms with van der Waals surface area (Å²) in [6.07, 6.45) is 2.78. The Morgan fingerprint density at radius 3 is 2.67 bits per heavy atom. The molecule has 1 heterocycles. The summed E-state index contributed by atoms with van der Waals surface area (Å²) in [7, 11) is 1.79. The lowest BCUT2D eigenvalue weighted by molar-refractivity contribution is -0.140. The van der Waals surface area contributed by atoms with Crippen LogP contribution in [0.15, 0.2) is 53.3 Å². The monoisotopic (exact) mass is 361 g/mol. The molecule has 1 aliphatic rings. The van der Waals surface area contributed by atoms with Gasteiger partial charge in [0.25, 0.3) is 5.56 Å². The number of nitrogens with zero attached hydrogens (tertiary/aromatic N) is 2. The Labute approximate surface area is 158 Å². The average molecular weight is 361 g/mol. The molecule has 3 aromatic rings. The highest BCUT2D eigenvalue weighted by atomic mass is 16.2. The number of benzene rings is 2. The summed E-state index contributed by atoms with van der Waals surface area (Å²) in [5, 5.41) is 0.561. The number of aromatic nitrogens is 2. The maximum atomic E-state index is 13.3. The van der Waals surface area contributed by atoms with Crippen LogP contribution in [0, 0.1) is 6.92 Å². The second kappa shape index (κ2) is 6.65. The quantitative estimate of drug-likeness (QED) is 0.775. The molecule has 0 radical (unpaired) electrons. The first-order valence-electron chi connectivity index (χ1n) is 9.30. The normalized spacial score (nSPS) is 15.3. The SMILES string of the molecule is Cc1cccc(C2(C(=O)N(C)Cc3nc4ccccc4c(=O)[nH]3)CCC2)c1. The topological polar surface area (TPSA) is 66.1 Å². The molecule has 0 saturated heterocycles. The number of hydrogen-bond donors (Lipinski definition) is 1. The molecule has 0 aliphatic heterocycles. The molecule has 1 aliphatic carbocycles. The van der Waals surface area contributed by atoms with Crippen molar-refractivity contribution in [2.75, 3.05) is 7.05 Å². The van der Waals surface area contributed by atoms with Crippen molar-refractivity contribution >= 4 is 16.8 Å². The predicted molar refractivity (Wildman–Crippen MR) is 106 cm³/mol. The number of rotatable bonds is 4. The molecule has 0 bridgehead atoms. The lowest BCUT2D eigenvalue weighted by Crippen LogP contribution is -2.49. The lowest BCUT2D eigenvalue weighted by atomic mass is 9.63. The minimum Gasteiger partial charge on any atom is -0.338 e. The largest absolute Gasteiger partial charge is 0.338 e. The number of carbonyl (C=O) groups excluding carboxylic acids is 1. The van der Waals surface area contributed by atoms with E-state index in [4.69, 9.17) is 0 Å². The Morgan fingerprint density at radius 2 is 1.96 bits per heavy atom. The van der Waals surface area contributed by atoms with Gasteiger partial charge in [0, 0.05) is 7.05 Å². The van der Waals surface area contributed by atoms with E-state index >= 15 is 0 Å². The molecule has 1 fully saturated rings. The van der Waals surface area contributed by atoms with E-state index in [1.807, 2.05) is 43.3 Å². The lowest BCUT2D eigenvalue weighted by Gasteiger charge is -2.43. The second-order valence-electron chi connectivity index (χ2n) is 7.50. The number of aromatic amines is 1. The van der Waals surface area contributed by atoms with Crippen molar-refractivity contribution in [3.63, 3.8) is 0 Å². The molecule has 1 amide bonds. The number of aryl methyl sites for hydroxylation is 1. The van der Waals surface area contributed by atoms with E-state index < -0.39 is 5.41 Å². The Morgan fingerprint density at radius 1 is 1.19 bits per heavy atom. The van der Waals surface area contributed by atoms with Crippen molar-refractivity contribution < 1.29 is 4.79 Å². The number of H-pyrrole nitrogens is 1. The highest BCUT2D eigenvalue weighted by molar-refractivity contribution is 5.89. The third kappa shape index (κ3) is 3.03. The summed E-state index contributed by atoms with van der Waals surface area (Å²) in [6, 6.07) is 15.5. The van der Waals surface area contributed by atoms with Crippen LogP contribution in [0.5, 0.6) is 0 Å². The van der Waals surface area contributed by atoms with Gasteiger partial charge in [0.1, 0.15) is 5.82 Å². The van der Waals surface area contributed by atoms with Gasteiger partial charge in [-0.3, -0.25) is 9.59 Å². The number of nitrogens with one attached hydrogen (secondary N) is 1. The van der Waals surface area contributed by atoms with Gasteiger partial charge >= 0.3 is 0 Å². The third-order valence-corrected chi connectivity index (χ3v) is 5.58. The van der Waals surface area contributed by atoms with Gasteiger partial charge in [0.2, 0.25) is 5.91 Å². The molecule has 5 nitrogen and oxygen atoms in total. The van der Waals surface area contributed by atoms with Crippen molar-refractivity contribution in [1.29, 1.82) is 0 Å². The third-order valence-electron chi connectivity index (χ3n) is 5.58. The molecular formula is C22H23N3O2. The van der Waals surface area contributed by atoms with Gasteiger partial charge in [0.15, 0.2) is 0 Å². The van der Waals surface area contributed by atoms with Crippen molar-refractivity contribution in [1.82, 2.24) is 14.9 Å². The van der Waals surface area contributed by atoms with Gasteiger partial charge in [-0.1, -0.05) is 48.4 Å². The van der Waals surface area contributed by atoms with Gasteiger partial charge in [0.05, 0.1) is 22.9 Å². The fraction of sp³-hybridized carbons (Fsp3) is 0.318. The zero-order valence-electron chi connectivity index (χ0n) is 15.7. The van der Waals surface area contributed by atoms with E-state index in [0.29, 0.717) is 16.7 Å². The first-order valence-corrected chi connectivity index (χ1v) is 9.30. The molecule has 1 N–H and O–H groups in total. The fourth-order valence-electron chi connectivity index (χ4n) is 3.97. The van der Waals surface area contributed by atoms with Crippen molar-refractivity contribution in [2.24, 2.45) is 0 Å². The van der Waals surface area contributed by atoms with Crippen LogP contribution in [-0.2, 0) is 16.8 Å². The molecule has 0 unspecified atom stereocenters. The molecule has 5 heteroatoms. The zero-order chi connectivity index (χ0) is 19.0. The number of fused-ring (bicyclic) bond motifs is 1. The molecule has 138 valence electrons. The van der Waals surface area contributed by atoms with Crippen LogP contribution < -0.4 is 5.56 Å². The molecule has 1 saturated carbocycles. The summed E-state index contributed by atoms with van der Waals surface area (Å²) >= 11 is 0. The smallest absolute Gasteiger partial charge is 0.258 e. The number of para-hydroxylation sites is 1. The number of hydrogen-bond acceptors (Lipinski definition) is 3. The second-order valence-corrected chi connectivity index (χ2v) is 7.50. The van der Waals surface area contributed by atoms with E-state index in [-0.39, 0.29) is 18.0 Å². The average Bonchev–Trinajstić information content (AvgIpc) is 2.61. The van der Waals surface area contributed by atoms with Gasteiger partial charge < -0.3 is 9.88 Å². The molecule has 0 atom stereocenters. The fourth-order valence-corrected chi connectivity index (χ4v) is 3.97. The predicted octanol–water partition coefficient (Wildman–Crippen LogP) is 3.31. The van der Waals surface area contributed by atoms with E-state index in [0.717, 1.165) is 30.4 Å². The molecule has 4 rings (SSSR count). The Balaban J connectivity index is 1.62. The maximum absolute atomic E-state index is 13.3. The van der Waals surface area contributed by atoms with Crippen LogP contribution in [0.3, 0.4) is 0 Å². The summed E-state index contributed by atoms with van der Waals surface area (Å²) < 4.78 is 0. The number of amides is 1. The van der Waals surface area contributed by atoms with Crippen LogP contribution in [-0.4, -0.2) is 27.8 Å². The van der Waals surface area contributed by atoms with Gasteiger partial charge in [-0.25, -0.2) is 4.98 Å². The van der Waals surface area contributed by atoms with Gasteiger partial charge in [-0.2, -0.15) is 0 Å². The van der Waals surface area contributed by atoms with Gasteiger partial charge in [-0.05, 0) is 37.5 Å². The van der Waals surface area contributed by atoms with E-state index in [1.165, 1.54) is 0 Å². The van der Waals surface area contributed by atoms with Crippen LogP contribution >= 0.6 is 0 Å². The van der Waals surface area contributed by atoms with Crippen molar-refractivity contribution in [2.45, 2.75) is 38.1 Å². The van der Waals surface area contributed by atoms with Crippen LogP contribution in [0.25, 0.3) is 10.9 Å². The Kier molecular flexibility index (Phi) is 4.30. The van der Waals surface area contributed by atoms with E-state index in [9.17, 15) is 9.59 Å². The summed E-state index contributed by atoms with van der Waals surface area (Å²) in [6.45, 7) is 2.33. The highest BCUT2D eigenvalue weighted by Crippen LogP contribution is 2.45. The molecular weight excluding hydrogens is 338 g/mol. The highest BCUT2D eigenvalue weighted by Gasteiger charge is 2.47. The maximum Gasteiger partial charge on any atom is 0.258 e. The summed E-state index contributed by atoms with van der Waals surface area (Å²) in [5.41, 5.74) is 2.28. The number of likely N-dealkylation sites (N-methyl/N-ethyl adjacent to an activating group) is 1. The molecule has 27 heavy (non-hydrogen) atoms. The van der Waals surface area contributed by atoms with Crippen molar-refractivity contribution in [3.8, 4) is 0 Å². The first kappa shape index (κ1) is 17.5. The van der Waals surface area contributed by atoms with Gasteiger partial charge in [-0.15, -0.1) is 0 Å². The first-order chi connectivity index (χ1) is 13.0. The van der Waals surface area contributed by atoms with Crippen LogP contribution in [0.1, 0.15) is 36.2 Å². The van der Waals surface area contributed by atoms with Crippen molar-refractivity contribution in [3.05, 3.63) is 75.8 Å². The zero-order valence-corrected chi connectivity index (χ0v) is 15.7. The van der Waals surface area contributed by atoms with Crippen LogP contribution in [0.2, 0.25) is 0 Å².